The molecule has 0 aromatic rings. The van der Waals surface area contributed by atoms with Gasteiger partial charge in [-0.25, -0.2) is 4.79 Å². The van der Waals surface area contributed by atoms with E-state index >= 15 is 0 Å². The van der Waals surface area contributed by atoms with Crippen LogP contribution in [0, 0.1) is 11.3 Å². The van der Waals surface area contributed by atoms with Crippen LogP contribution in [0.25, 0.3) is 0 Å². The Morgan fingerprint density at radius 3 is 2.40 bits per heavy atom. The number of ether oxygens (including phenoxy) is 1. The van der Waals surface area contributed by atoms with Crippen LogP contribution in [0.2, 0.25) is 0 Å². The second-order valence-corrected chi connectivity index (χ2v) is 6.34. The Morgan fingerprint density at radius 1 is 1.40 bits per heavy atom. The highest BCUT2D eigenvalue weighted by molar-refractivity contribution is 6.03. The molecule has 0 bridgehead atoms. The number of carboxylic acid groups (broad SMARTS) is 1. The number of piperidine rings is 1. The number of carbonyl (C=O) groups is 3. The molecule has 20 heavy (non-hydrogen) atoms. The van der Waals surface area contributed by atoms with Crippen molar-refractivity contribution < 1.29 is 24.2 Å². The Hall–Kier alpha value is -1.59. The van der Waals surface area contributed by atoms with Gasteiger partial charge in [-0.05, 0) is 25.7 Å². The predicted octanol–water partition coefficient (Wildman–Crippen LogP) is 1.92. The molecule has 2 unspecified atom stereocenters. The minimum absolute atomic E-state index is 0.173. The summed E-state index contributed by atoms with van der Waals surface area (Å²) in [5.74, 6) is -1.79. The number of carbonyl (C=O) groups excluding carboxylic acids is 2. The van der Waals surface area contributed by atoms with E-state index in [1.54, 1.807) is 6.92 Å². The van der Waals surface area contributed by atoms with Gasteiger partial charge in [0.05, 0.1) is 6.04 Å². The lowest BCUT2D eigenvalue weighted by atomic mass is 9.88. The highest BCUT2D eigenvalue weighted by atomic mass is 16.5. The number of likely N-dealkylation sites (tertiary alicyclic amines) is 1. The molecule has 1 N–H and O–H groups in total. The van der Waals surface area contributed by atoms with Crippen molar-refractivity contribution in [2.75, 3.05) is 6.54 Å². The lowest BCUT2D eigenvalue weighted by Crippen LogP contribution is -2.52. The number of rotatable bonds is 2. The molecule has 6 heteroatoms. The summed E-state index contributed by atoms with van der Waals surface area (Å²) in [4.78, 5) is 36.2. The number of ketones is 1. The van der Waals surface area contributed by atoms with Crippen molar-refractivity contribution >= 4 is 17.8 Å². The lowest BCUT2D eigenvalue weighted by molar-refractivity contribution is -0.163. The van der Waals surface area contributed by atoms with Gasteiger partial charge in [-0.1, -0.05) is 20.8 Å². The second kappa shape index (κ2) is 5.81. The molecule has 6 nitrogen and oxygen atoms in total. The molecule has 3 atom stereocenters. The van der Waals surface area contributed by atoms with E-state index in [4.69, 9.17) is 9.84 Å². The second-order valence-electron chi connectivity index (χ2n) is 6.34. The van der Waals surface area contributed by atoms with Crippen LogP contribution in [-0.2, 0) is 14.3 Å². The topological polar surface area (TPSA) is 83.9 Å². The SMILES string of the molecule is CC(OC(=O)C1CCN(C(=O)O)[C@@H](C)C1=O)C(C)(C)C. The molecule has 0 aliphatic carbocycles. The van der Waals surface area contributed by atoms with Gasteiger partial charge in [0.25, 0.3) is 0 Å². The zero-order chi connectivity index (χ0) is 15.7. The fraction of sp³-hybridized carbons (Fsp3) is 0.786. The van der Waals surface area contributed by atoms with Gasteiger partial charge in [0.15, 0.2) is 5.78 Å². The van der Waals surface area contributed by atoms with Crippen molar-refractivity contribution in [3.8, 4) is 0 Å². The van der Waals surface area contributed by atoms with E-state index in [2.05, 4.69) is 0 Å². The summed E-state index contributed by atoms with van der Waals surface area (Å²) >= 11 is 0. The monoisotopic (exact) mass is 285 g/mol. The molecule has 0 spiro atoms. The van der Waals surface area contributed by atoms with Crippen LogP contribution in [0.4, 0.5) is 4.79 Å². The van der Waals surface area contributed by atoms with Crippen LogP contribution in [0.15, 0.2) is 0 Å². The smallest absolute Gasteiger partial charge is 0.407 e. The molecule has 1 aliphatic heterocycles. The van der Waals surface area contributed by atoms with Crippen LogP contribution < -0.4 is 0 Å². The van der Waals surface area contributed by atoms with E-state index in [0.717, 1.165) is 4.90 Å². The highest BCUT2D eigenvalue weighted by Gasteiger charge is 2.41. The van der Waals surface area contributed by atoms with Crippen molar-refractivity contribution in [3.63, 3.8) is 0 Å². The average molecular weight is 285 g/mol. The third-order valence-electron chi connectivity index (χ3n) is 3.92. The van der Waals surface area contributed by atoms with Crippen LogP contribution in [0.5, 0.6) is 0 Å². The first kappa shape index (κ1) is 16.5. The standard InChI is InChI=1S/C14H23NO5/c1-8-11(16)10(6-7-15(8)13(18)19)12(17)20-9(2)14(3,4)5/h8-10H,6-7H2,1-5H3,(H,18,19)/t8-,9?,10?/m0/s1. The first-order chi connectivity index (χ1) is 9.05. The summed E-state index contributed by atoms with van der Waals surface area (Å²) in [7, 11) is 0. The summed E-state index contributed by atoms with van der Waals surface area (Å²) in [6.45, 7) is 9.31. The first-order valence-corrected chi connectivity index (χ1v) is 6.79. The van der Waals surface area contributed by atoms with Gasteiger partial charge < -0.3 is 9.84 Å². The molecule has 0 aromatic carbocycles. The van der Waals surface area contributed by atoms with Crippen LogP contribution in [0.3, 0.4) is 0 Å². The maximum absolute atomic E-state index is 12.1. The maximum atomic E-state index is 12.1. The van der Waals surface area contributed by atoms with Gasteiger partial charge in [-0.3, -0.25) is 14.5 Å². The minimum atomic E-state index is -1.14. The van der Waals surface area contributed by atoms with Gasteiger partial charge in [0.1, 0.15) is 12.0 Å². The van der Waals surface area contributed by atoms with E-state index in [0.29, 0.717) is 0 Å². The molecule has 114 valence electrons. The number of esters is 1. The number of Topliss-reactive ketones (excluding diaryl/α,β-unsaturated/α-hetero) is 1. The summed E-state index contributed by atoms with van der Waals surface area (Å²) in [6.07, 6.45) is -1.26. The molecular weight excluding hydrogens is 262 g/mol. The summed E-state index contributed by atoms with van der Waals surface area (Å²) in [5.41, 5.74) is -0.202. The maximum Gasteiger partial charge on any atom is 0.407 e. The Morgan fingerprint density at radius 2 is 1.95 bits per heavy atom. The third-order valence-corrected chi connectivity index (χ3v) is 3.92. The van der Waals surface area contributed by atoms with Gasteiger partial charge in [-0.2, -0.15) is 0 Å². The van der Waals surface area contributed by atoms with Crippen LogP contribution in [0.1, 0.15) is 41.0 Å². The van der Waals surface area contributed by atoms with Gasteiger partial charge in [-0.15, -0.1) is 0 Å². The van der Waals surface area contributed by atoms with Crippen molar-refractivity contribution in [2.45, 2.75) is 53.2 Å². The molecule has 0 aromatic heterocycles. The molecule has 1 fully saturated rings. The fourth-order valence-electron chi connectivity index (χ4n) is 1.98. The molecule has 1 rings (SSSR count). The molecule has 0 radical (unpaired) electrons. The van der Waals surface area contributed by atoms with E-state index < -0.39 is 24.0 Å². The van der Waals surface area contributed by atoms with Crippen molar-refractivity contribution in [1.82, 2.24) is 4.90 Å². The normalized spacial score (nSPS) is 25.2. The van der Waals surface area contributed by atoms with E-state index in [-0.39, 0.29) is 30.3 Å². The molecule has 0 saturated carbocycles. The van der Waals surface area contributed by atoms with Crippen molar-refractivity contribution in [3.05, 3.63) is 0 Å². The first-order valence-electron chi connectivity index (χ1n) is 6.79. The van der Waals surface area contributed by atoms with Gasteiger partial charge in [0, 0.05) is 6.54 Å². The van der Waals surface area contributed by atoms with E-state index in [1.165, 1.54) is 6.92 Å². The zero-order valence-electron chi connectivity index (χ0n) is 12.7. The van der Waals surface area contributed by atoms with Crippen molar-refractivity contribution in [2.24, 2.45) is 11.3 Å². The number of hydrogen-bond acceptors (Lipinski definition) is 4. The predicted molar refractivity (Wildman–Crippen MR) is 72.3 cm³/mol. The Labute approximate surface area is 119 Å². The molecule has 1 aliphatic rings. The average Bonchev–Trinajstić information content (AvgIpc) is 2.30. The Kier molecular flexibility index (Phi) is 4.78. The van der Waals surface area contributed by atoms with Gasteiger partial charge >= 0.3 is 12.1 Å². The summed E-state index contributed by atoms with van der Waals surface area (Å²) < 4.78 is 5.34. The van der Waals surface area contributed by atoms with E-state index in [1.807, 2.05) is 20.8 Å². The quantitative estimate of drug-likeness (QED) is 0.619. The number of hydrogen-bond donors (Lipinski definition) is 1. The molecular formula is C14H23NO5. The van der Waals surface area contributed by atoms with Crippen LogP contribution in [-0.4, -0.2) is 46.5 Å². The molecule has 1 amide bonds. The molecule has 1 heterocycles. The van der Waals surface area contributed by atoms with E-state index in [9.17, 15) is 14.4 Å². The zero-order valence-corrected chi connectivity index (χ0v) is 12.7. The summed E-state index contributed by atoms with van der Waals surface area (Å²) in [5, 5.41) is 8.96. The molecule has 1 saturated heterocycles. The fourth-order valence-corrected chi connectivity index (χ4v) is 1.98. The number of nitrogens with zero attached hydrogens (tertiary/aromatic N) is 1. The Balaban J connectivity index is 2.72. The lowest BCUT2D eigenvalue weighted by Gasteiger charge is -2.35. The number of amides is 1. The Bertz CT molecular complexity index is 412. The summed E-state index contributed by atoms with van der Waals surface area (Å²) in [6, 6.07) is -0.802. The largest absolute Gasteiger partial charge is 0.465 e. The third kappa shape index (κ3) is 3.49. The van der Waals surface area contributed by atoms with Crippen LogP contribution >= 0.6 is 0 Å². The highest BCUT2D eigenvalue weighted by Crippen LogP contribution is 2.26. The minimum Gasteiger partial charge on any atom is -0.465 e. The van der Waals surface area contributed by atoms with Gasteiger partial charge in [0.2, 0.25) is 0 Å². The van der Waals surface area contributed by atoms with Crippen molar-refractivity contribution in [1.29, 1.82) is 0 Å².